The van der Waals surface area contributed by atoms with Crippen LogP contribution in [0.2, 0.25) is 0 Å². The van der Waals surface area contributed by atoms with Gasteiger partial charge in [-0.1, -0.05) is 12.8 Å². The second-order valence-electron chi connectivity index (χ2n) is 7.13. The van der Waals surface area contributed by atoms with Gasteiger partial charge in [-0.15, -0.1) is 5.10 Å². The lowest BCUT2D eigenvalue weighted by Gasteiger charge is -2.40. The van der Waals surface area contributed by atoms with E-state index >= 15 is 0 Å². The summed E-state index contributed by atoms with van der Waals surface area (Å²) in [5, 5.41) is 14.8. The predicted molar refractivity (Wildman–Crippen MR) is 88.6 cm³/mol. The van der Waals surface area contributed by atoms with Crippen LogP contribution in [0.3, 0.4) is 0 Å². The average molecular weight is 315 g/mol. The van der Waals surface area contributed by atoms with Crippen LogP contribution in [0.5, 0.6) is 0 Å². The number of hydrogen-bond donors (Lipinski definition) is 2. The molecule has 2 N–H and O–H groups in total. The van der Waals surface area contributed by atoms with Gasteiger partial charge in [-0.25, -0.2) is 4.79 Å². The number of rotatable bonds is 4. The fourth-order valence-corrected chi connectivity index (χ4v) is 3.90. The largest absolute Gasteiger partial charge is 0.354 e. The highest BCUT2D eigenvalue weighted by molar-refractivity contribution is 5.74. The molecule has 6 nitrogen and oxygen atoms in total. The molecule has 1 aliphatic heterocycles. The van der Waals surface area contributed by atoms with Crippen molar-refractivity contribution in [2.45, 2.75) is 51.0 Å². The molecule has 0 spiro atoms. The van der Waals surface area contributed by atoms with E-state index in [2.05, 4.69) is 31.8 Å². The van der Waals surface area contributed by atoms with Gasteiger partial charge in [0.25, 0.3) is 0 Å². The minimum atomic E-state index is -0.00678. The van der Waals surface area contributed by atoms with E-state index in [4.69, 9.17) is 0 Å². The third-order valence-corrected chi connectivity index (χ3v) is 5.33. The topological polar surface area (TPSA) is 70.2 Å². The molecule has 0 aromatic carbocycles. The maximum Gasteiger partial charge on any atom is 0.315 e. The Morgan fingerprint density at radius 3 is 2.83 bits per heavy atom. The van der Waals surface area contributed by atoms with Crippen molar-refractivity contribution in [1.29, 1.82) is 0 Å². The molecule has 0 atom stereocenters. The second kappa shape index (κ2) is 6.34. The van der Waals surface area contributed by atoms with Crippen molar-refractivity contribution in [3.05, 3.63) is 17.3 Å². The molecule has 0 bridgehead atoms. The van der Waals surface area contributed by atoms with Crippen molar-refractivity contribution < 1.29 is 4.79 Å². The standard InChI is InChI=1S/C17H25N5O/c23-17(19-14-5-1-2-6-14)18-9-12-10-22(11-12)16-8-13-4-3-7-15(13)20-21-16/h8,12,14H,1-7,9-11H2,(H2,18,19,23). The zero-order valence-electron chi connectivity index (χ0n) is 13.6. The molecule has 2 aliphatic carbocycles. The lowest BCUT2D eigenvalue weighted by Crippen LogP contribution is -2.53. The van der Waals surface area contributed by atoms with E-state index in [-0.39, 0.29) is 6.03 Å². The molecule has 4 rings (SSSR count). The van der Waals surface area contributed by atoms with Gasteiger partial charge in [0.05, 0.1) is 5.69 Å². The van der Waals surface area contributed by atoms with Gasteiger partial charge in [-0.05, 0) is 43.7 Å². The van der Waals surface area contributed by atoms with Crippen LogP contribution in [-0.4, -0.2) is 41.9 Å². The van der Waals surface area contributed by atoms with Crippen LogP contribution >= 0.6 is 0 Å². The SMILES string of the molecule is O=C(NCC1CN(c2cc3c(nn2)CCC3)C1)NC1CCCC1. The van der Waals surface area contributed by atoms with Crippen LogP contribution in [0.15, 0.2) is 6.07 Å². The van der Waals surface area contributed by atoms with Crippen LogP contribution in [0.1, 0.15) is 43.4 Å². The smallest absolute Gasteiger partial charge is 0.315 e. The van der Waals surface area contributed by atoms with E-state index in [1.807, 2.05) is 0 Å². The first-order chi connectivity index (χ1) is 11.3. The Labute approximate surface area is 137 Å². The molecule has 2 heterocycles. The van der Waals surface area contributed by atoms with Gasteiger partial charge in [-0.3, -0.25) is 0 Å². The molecule has 2 amide bonds. The fraction of sp³-hybridized carbons (Fsp3) is 0.706. The van der Waals surface area contributed by atoms with Crippen molar-refractivity contribution in [3.8, 4) is 0 Å². The minimum Gasteiger partial charge on any atom is -0.354 e. The molecule has 0 radical (unpaired) electrons. The maximum atomic E-state index is 11.9. The summed E-state index contributed by atoms with van der Waals surface area (Å²) in [4.78, 5) is 14.1. The van der Waals surface area contributed by atoms with Crippen molar-refractivity contribution >= 4 is 11.8 Å². The number of hydrogen-bond acceptors (Lipinski definition) is 4. The van der Waals surface area contributed by atoms with Crippen LogP contribution in [0.25, 0.3) is 0 Å². The molecule has 2 fully saturated rings. The van der Waals surface area contributed by atoms with E-state index in [9.17, 15) is 4.79 Å². The van der Waals surface area contributed by atoms with E-state index in [0.717, 1.165) is 51.1 Å². The molecular weight excluding hydrogens is 290 g/mol. The minimum absolute atomic E-state index is 0.00678. The number of aryl methyl sites for hydroxylation is 2. The van der Waals surface area contributed by atoms with Gasteiger partial charge in [0, 0.05) is 31.6 Å². The van der Waals surface area contributed by atoms with Gasteiger partial charge < -0.3 is 15.5 Å². The summed E-state index contributed by atoms with van der Waals surface area (Å²) in [6, 6.07) is 2.58. The number of nitrogens with one attached hydrogen (secondary N) is 2. The number of fused-ring (bicyclic) bond motifs is 1. The summed E-state index contributed by atoms with van der Waals surface area (Å²) in [6.45, 7) is 2.65. The molecular formula is C17H25N5O. The van der Waals surface area contributed by atoms with Crippen molar-refractivity contribution in [3.63, 3.8) is 0 Å². The van der Waals surface area contributed by atoms with Gasteiger partial charge in [0.15, 0.2) is 5.82 Å². The lowest BCUT2D eigenvalue weighted by atomic mass is 10.00. The van der Waals surface area contributed by atoms with Crippen LogP contribution in [0.4, 0.5) is 10.6 Å². The fourth-order valence-electron chi connectivity index (χ4n) is 3.90. The van der Waals surface area contributed by atoms with E-state index in [1.54, 1.807) is 0 Å². The summed E-state index contributed by atoms with van der Waals surface area (Å²) >= 11 is 0. The van der Waals surface area contributed by atoms with Gasteiger partial charge in [0.1, 0.15) is 0 Å². The van der Waals surface area contributed by atoms with E-state index < -0.39 is 0 Å². The molecule has 1 saturated carbocycles. The Morgan fingerprint density at radius 1 is 1.17 bits per heavy atom. The number of amides is 2. The summed E-state index contributed by atoms with van der Waals surface area (Å²) in [7, 11) is 0. The number of urea groups is 1. The average Bonchev–Trinajstić information content (AvgIpc) is 3.16. The molecule has 124 valence electrons. The molecule has 1 aromatic heterocycles. The number of nitrogens with zero attached hydrogens (tertiary/aromatic N) is 3. The zero-order valence-corrected chi connectivity index (χ0v) is 13.6. The monoisotopic (exact) mass is 315 g/mol. The van der Waals surface area contributed by atoms with Crippen molar-refractivity contribution in [2.75, 3.05) is 24.5 Å². The first-order valence-electron chi connectivity index (χ1n) is 8.93. The molecule has 0 unspecified atom stereocenters. The molecule has 1 aromatic rings. The highest BCUT2D eigenvalue weighted by Gasteiger charge is 2.29. The Morgan fingerprint density at radius 2 is 2.00 bits per heavy atom. The van der Waals surface area contributed by atoms with E-state index in [1.165, 1.54) is 30.5 Å². The van der Waals surface area contributed by atoms with Crippen LogP contribution in [-0.2, 0) is 12.8 Å². The van der Waals surface area contributed by atoms with Gasteiger partial charge >= 0.3 is 6.03 Å². The lowest BCUT2D eigenvalue weighted by molar-refractivity contribution is 0.233. The number of carbonyl (C=O) groups excluding carboxylic acids is 1. The number of anilines is 1. The summed E-state index contributed by atoms with van der Waals surface area (Å²) in [5.41, 5.74) is 2.54. The predicted octanol–water partition coefficient (Wildman–Crippen LogP) is 1.64. The van der Waals surface area contributed by atoms with Crippen molar-refractivity contribution in [2.24, 2.45) is 5.92 Å². The third kappa shape index (κ3) is 3.26. The molecule has 1 saturated heterocycles. The summed E-state index contributed by atoms with van der Waals surface area (Å²) in [6.07, 6.45) is 8.15. The third-order valence-electron chi connectivity index (χ3n) is 5.33. The highest BCUT2D eigenvalue weighted by atomic mass is 16.2. The first-order valence-corrected chi connectivity index (χ1v) is 8.93. The summed E-state index contributed by atoms with van der Waals surface area (Å²) in [5.74, 6) is 1.51. The molecule has 3 aliphatic rings. The maximum absolute atomic E-state index is 11.9. The zero-order chi connectivity index (χ0) is 15.6. The van der Waals surface area contributed by atoms with Gasteiger partial charge in [0.2, 0.25) is 0 Å². The summed E-state index contributed by atoms with van der Waals surface area (Å²) < 4.78 is 0. The highest BCUT2D eigenvalue weighted by Crippen LogP contribution is 2.26. The quantitative estimate of drug-likeness (QED) is 0.886. The Kier molecular flexibility index (Phi) is 4.06. The molecule has 6 heteroatoms. The second-order valence-corrected chi connectivity index (χ2v) is 7.13. The van der Waals surface area contributed by atoms with Crippen LogP contribution in [0, 0.1) is 5.92 Å². The first kappa shape index (κ1) is 14.7. The van der Waals surface area contributed by atoms with Gasteiger partial charge in [-0.2, -0.15) is 5.10 Å². The Balaban J connectivity index is 1.20. The normalized spacial score (nSPS) is 21.1. The van der Waals surface area contributed by atoms with Crippen LogP contribution < -0.4 is 15.5 Å². The Bertz CT molecular complexity index is 578. The van der Waals surface area contributed by atoms with E-state index in [0.29, 0.717) is 12.0 Å². The van der Waals surface area contributed by atoms with Crippen molar-refractivity contribution in [1.82, 2.24) is 20.8 Å². The molecule has 23 heavy (non-hydrogen) atoms. The number of aromatic nitrogens is 2. The number of carbonyl (C=O) groups is 1. The Hall–Kier alpha value is -1.85.